The molecule has 0 spiro atoms. The fourth-order valence-corrected chi connectivity index (χ4v) is 5.58. The highest BCUT2D eigenvalue weighted by atomic mass is 19.1. The Labute approximate surface area is 220 Å². The minimum Gasteiger partial charge on any atom is -0.505 e. The SMILES string of the molecule is Cc1cc(CN(Cc2cn(C3CC3)c3cc(O)c(F)cc3c2=O)[C@H]2CCCN(c3cccnn3)C2)ccn1. The molecule has 2 aliphatic rings. The van der Waals surface area contributed by atoms with Gasteiger partial charge in [-0.2, -0.15) is 5.10 Å². The maximum atomic E-state index is 14.4. The molecule has 6 rings (SSSR count). The number of aromatic hydroxyl groups is 1. The maximum absolute atomic E-state index is 14.4. The lowest BCUT2D eigenvalue weighted by molar-refractivity contribution is 0.157. The molecule has 0 unspecified atom stereocenters. The van der Waals surface area contributed by atoms with Crippen LogP contribution in [0.4, 0.5) is 10.2 Å². The van der Waals surface area contributed by atoms with Crippen LogP contribution in [0.15, 0.2) is 59.8 Å². The standard InChI is InChI=1S/C29H31FN6O2/c1-19-12-20(8-10-31-19)15-35(23-4-3-11-34(18-23)28-5-2-9-32-33-28)16-21-17-36(22-6-7-22)26-14-27(37)25(30)13-24(26)29(21)38/h2,5,8-10,12-14,17,22-23,37H,3-4,6-7,11,15-16,18H2,1H3/t23-/m0/s1. The first-order valence-electron chi connectivity index (χ1n) is 13.2. The van der Waals surface area contributed by atoms with E-state index in [0.717, 1.165) is 55.8 Å². The molecule has 1 saturated carbocycles. The first-order chi connectivity index (χ1) is 18.5. The zero-order chi connectivity index (χ0) is 26.2. The lowest BCUT2D eigenvalue weighted by Crippen LogP contribution is -2.48. The topological polar surface area (TPSA) is 87.4 Å². The number of anilines is 1. The second-order valence-corrected chi connectivity index (χ2v) is 10.5. The van der Waals surface area contributed by atoms with E-state index < -0.39 is 11.6 Å². The third-order valence-electron chi connectivity index (χ3n) is 7.63. The molecule has 0 bridgehead atoms. The summed E-state index contributed by atoms with van der Waals surface area (Å²) in [7, 11) is 0. The Kier molecular flexibility index (Phi) is 6.53. The number of phenols is 1. The number of aryl methyl sites for hydroxylation is 1. The molecule has 1 saturated heterocycles. The van der Waals surface area contributed by atoms with Gasteiger partial charge < -0.3 is 14.6 Å². The van der Waals surface area contributed by atoms with Crippen molar-refractivity contribution in [3.63, 3.8) is 0 Å². The molecule has 0 radical (unpaired) electrons. The molecule has 8 nitrogen and oxygen atoms in total. The van der Waals surface area contributed by atoms with Crippen molar-refractivity contribution >= 4 is 16.7 Å². The van der Waals surface area contributed by atoms with Crippen LogP contribution in [0, 0.1) is 12.7 Å². The molecule has 1 aromatic carbocycles. The van der Waals surface area contributed by atoms with E-state index in [2.05, 4.69) is 31.0 Å². The van der Waals surface area contributed by atoms with Gasteiger partial charge in [-0.05, 0) is 68.5 Å². The summed E-state index contributed by atoms with van der Waals surface area (Å²) in [6.07, 6.45) is 9.43. The number of rotatable bonds is 7. The lowest BCUT2D eigenvalue weighted by atomic mass is 10.0. The van der Waals surface area contributed by atoms with Gasteiger partial charge in [0, 0.05) is 79.6 Å². The number of nitrogens with zero attached hydrogens (tertiary/aromatic N) is 6. The summed E-state index contributed by atoms with van der Waals surface area (Å²) < 4.78 is 16.4. The molecular formula is C29H31FN6O2. The first-order valence-corrected chi connectivity index (χ1v) is 13.2. The number of hydrogen-bond acceptors (Lipinski definition) is 7. The van der Waals surface area contributed by atoms with Crippen molar-refractivity contribution < 1.29 is 9.50 Å². The van der Waals surface area contributed by atoms with E-state index in [1.807, 2.05) is 42.1 Å². The highest BCUT2D eigenvalue weighted by molar-refractivity contribution is 5.81. The summed E-state index contributed by atoms with van der Waals surface area (Å²) in [5, 5.41) is 18.7. The van der Waals surface area contributed by atoms with Gasteiger partial charge in [0.15, 0.2) is 22.8 Å². The maximum Gasteiger partial charge on any atom is 0.193 e. The van der Waals surface area contributed by atoms with E-state index in [9.17, 15) is 14.3 Å². The van der Waals surface area contributed by atoms with Crippen molar-refractivity contribution in [1.82, 2.24) is 24.6 Å². The van der Waals surface area contributed by atoms with Crippen LogP contribution < -0.4 is 10.3 Å². The number of pyridine rings is 2. The molecule has 9 heteroatoms. The highest BCUT2D eigenvalue weighted by Gasteiger charge is 2.30. The van der Waals surface area contributed by atoms with Crippen LogP contribution in [0.1, 0.15) is 48.5 Å². The summed E-state index contributed by atoms with van der Waals surface area (Å²) in [4.78, 5) is 22.6. The number of benzene rings is 1. The minimum absolute atomic E-state index is 0.181. The largest absolute Gasteiger partial charge is 0.505 e. The van der Waals surface area contributed by atoms with Crippen LogP contribution >= 0.6 is 0 Å². The first kappa shape index (κ1) is 24.5. The van der Waals surface area contributed by atoms with Crippen LogP contribution in [-0.4, -0.2) is 48.9 Å². The highest BCUT2D eigenvalue weighted by Crippen LogP contribution is 2.38. The number of phenolic OH excluding ortho intramolecular Hbond substituents is 1. The predicted molar refractivity (Wildman–Crippen MR) is 144 cm³/mol. The van der Waals surface area contributed by atoms with Gasteiger partial charge in [0.2, 0.25) is 0 Å². The average molecular weight is 515 g/mol. The Hall–Kier alpha value is -3.85. The van der Waals surface area contributed by atoms with Crippen LogP contribution in [0.25, 0.3) is 10.9 Å². The molecule has 3 aromatic heterocycles. The van der Waals surface area contributed by atoms with Crippen molar-refractivity contribution in [3.8, 4) is 5.75 Å². The second kappa shape index (κ2) is 10.1. The third-order valence-corrected chi connectivity index (χ3v) is 7.63. The fourth-order valence-electron chi connectivity index (χ4n) is 5.58. The van der Waals surface area contributed by atoms with E-state index in [4.69, 9.17) is 0 Å². The minimum atomic E-state index is -0.773. The average Bonchev–Trinajstić information content (AvgIpc) is 3.77. The molecule has 1 N–H and O–H groups in total. The number of piperidine rings is 1. The van der Waals surface area contributed by atoms with Crippen LogP contribution in [-0.2, 0) is 13.1 Å². The second-order valence-electron chi connectivity index (χ2n) is 10.5. The predicted octanol–water partition coefficient (Wildman–Crippen LogP) is 4.35. The molecule has 196 valence electrons. The molecule has 1 aliphatic heterocycles. The lowest BCUT2D eigenvalue weighted by Gasteiger charge is -2.40. The zero-order valence-electron chi connectivity index (χ0n) is 21.4. The molecule has 1 aliphatic carbocycles. The normalized spacial score (nSPS) is 17.9. The van der Waals surface area contributed by atoms with Gasteiger partial charge in [-0.25, -0.2) is 4.39 Å². The van der Waals surface area contributed by atoms with Crippen LogP contribution in [0.2, 0.25) is 0 Å². The number of hydrogen-bond donors (Lipinski definition) is 1. The van der Waals surface area contributed by atoms with Crippen molar-refractivity contribution in [2.75, 3.05) is 18.0 Å². The van der Waals surface area contributed by atoms with E-state index in [-0.39, 0.29) is 17.5 Å². The summed E-state index contributed by atoms with van der Waals surface area (Å²) in [5.74, 6) is -0.348. The molecule has 4 heterocycles. The van der Waals surface area contributed by atoms with Crippen molar-refractivity contribution in [2.45, 2.75) is 57.8 Å². The molecule has 4 aromatic rings. The smallest absolute Gasteiger partial charge is 0.193 e. The Morgan fingerprint density at radius 1 is 1.13 bits per heavy atom. The molecule has 2 fully saturated rings. The van der Waals surface area contributed by atoms with Gasteiger partial charge in [0.05, 0.1) is 5.52 Å². The molecule has 38 heavy (non-hydrogen) atoms. The zero-order valence-corrected chi connectivity index (χ0v) is 21.4. The number of fused-ring (bicyclic) bond motifs is 1. The van der Waals surface area contributed by atoms with Crippen molar-refractivity contribution in [1.29, 1.82) is 0 Å². The van der Waals surface area contributed by atoms with E-state index in [0.29, 0.717) is 29.6 Å². The fraction of sp³-hybridized carbons (Fsp3) is 0.379. The summed E-state index contributed by atoms with van der Waals surface area (Å²) in [6.45, 7) is 4.75. The Bertz CT molecular complexity index is 1520. The molecule has 1 atom stereocenters. The Morgan fingerprint density at radius 3 is 2.76 bits per heavy atom. The van der Waals surface area contributed by atoms with E-state index in [1.54, 1.807) is 6.20 Å². The van der Waals surface area contributed by atoms with Crippen molar-refractivity contribution in [2.24, 2.45) is 0 Å². The Balaban J connectivity index is 1.38. The summed E-state index contributed by atoms with van der Waals surface area (Å²) >= 11 is 0. The molecular weight excluding hydrogens is 483 g/mol. The van der Waals surface area contributed by atoms with Gasteiger partial charge in [0.25, 0.3) is 0 Å². The number of halogens is 1. The Morgan fingerprint density at radius 2 is 2.00 bits per heavy atom. The van der Waals surface area contributed by atoms with Gasteiger partial charge in [-0.15, -0.1) is 5.10 Å². The molecule has 0 amide bonds. The van der Waals surface area contributed by atoms with Gasteiger partial charge in [0.1, 0.15) is 0 Å². The van der Waals surface area contributed by atoms with E-state index >= 15 is 0 Å². The van der Waals surface area contributed by atoms with Crippen LogP contribution in [0.3, 0.4) is 0 Å². The monoisotopic (exact) mass is 514 g/mol. The van der Waals surface area contributed by atoms with Crippen molar-refractivity contribution in [3.05, 3.63) is 87.9 Å². The number of aromatic nitrogens is 4. The quantitative estimate of drug-likeness (QED) is 0.392. The van der Waals surface area contributed by atoms with Gasteiger partial charge >= 0.3 is 0 Å². The van der Waals surface area contributed by atoms with E-state index in [1.165, 1.54) is 12.1 Å². The van der Waals surface area contributed by atoms with Gasteiger partial charge in [-0.3, -0.25) is 14.7 Å². The summed E-state index contributed by atoms with van der Waals surface area (Å²) in [6, 6.07) is 11.0. The summed E-state index contributed by atoms with van der Waals surface area (Å²) in [5.41, 5.74) is 3.12. The third kappa shape index (κ3) is 4.98. The van der Waals surface area contributed by atoms with Gasteiger partial charge in [-0.1, -0.05) is 0 Å². The van der Waals surface area contributed by atoms with Crippen LogP contribution in [0.5, 0.6) is 5.75 Å².